The van der Waals surface area contributed by atoms with Crippen molar-refractivity contribution in [3.05, 3.63) is 47.8 Å². The molecule has 0 atom stereocenters. The molecule has 0 aromatic heterocycles. The molecule has 25 heavy (non-hydrogen) atoms. The van der Waals surface area contributed by atoms with Gasteiger partial charge in [0.05, 0.1) is 24.4 Å². The third-order valence-corrected chi connectivity index (χ3v) is 3.72. The maximum absolute atomic E-state index is 12.8. The lowest BCUT2D eigenvalue weighted by Gasteiger charge is -2.27. The minimum absolute atomic E-state index is 0.159. The second kappa shape index (κ2) is 8.77. The number of nitrogens with one attached hydrogen (secondary N) is 2. The van der Waals surface area contributed by atoms with Crippen LogP contribution in [-0.2, 0) is 9.53 Å². The van der Waals surface area contributed by atoms with Gasteiger partial charge in [-0.3, -0.25) is 14.5 Å². The molecular weight excluding hydrogens is 320 g/mol. The van der Waals surface area contributed by atoms with Crippen molar-refractivity contribution < 1.29 is 14.3 Å². The summed E-state index contributed by atoms with van der Waals surface area (Å²) in [4.78, 5) is 25.8. The fraction of sp³-hybridized carbons (Fsp3) is 0.333. The first kappa shape index (κ1) is 18.4. The summed E-state index contributed by atoms with van der Waals surface area (Å²) in [6, 6.07) is 5.17. The summed E-state index contributed by atoms with van der Waals surface area (Å²) in [6.45, 7) is 2.97. The smallest absolute Gasteiger partial charge is 0.307 e. The first-order valence-corrected chi connectivity index (χ1v) is 8.22. The third kappa shape index (κ3) is 4.76. The number of anilines is 2. The van der Waals surface area contributed by atoms with E-state index in [9.17, 15) is 9.59 Å². The maximum Gasteiger partial charge on any atom is 0.307 e. The van der Waals surface area contributed by atoms with Crippen LogP contribution in [0, 0.1) is 0 Å². The number of amides is 1. The summed E-state index contributed by atoms with van der Waals surface area (Å²) in [7, 11) is 1.77. The Balaban J connectivity index is 2.04. The van der Waals surface area contributed by atoms with Crippen LogP contribution in [0.5, 0.6) is 0 Å². The van der Waals surface area contributed by atoms with Crippen LogP contribution >= 0.6 is 0 Å². The fourth-order valence-electron chi connectivity index (χ4n) is 2.47. The zero-order valence-corrected chi connectivity index (χ0v) is 14.5. The van der Waals surface area contributed by atoms with E-state index >= 15 is 0 Å². The van der Waals surface area contributed by atoms with Crippen molar-refractivity contribution in [3.63, 3.8) is 0 Å². The zero-order chi connectivity index (χ0) is 18.2. The minimum atomic E-state index is -0.268. The van der Waals surface area contributed by atoms with Crippen LogP contribution in [-0.4, -0.2) is 43.5 Å². The molecular formula is C18H24N4O3. The molecule has 1 aromatic carbocycles. The molecule has 0 saturated heterocycles. The Kier molecular flexibility index (Phi) is 6.45. The zero-order valence-electron chi connectivity index (χ0n) is 14.5. The van der Waals surface area contributed by atoms with Crippen LogP contribution in [0.25, 0.3) is 0 Å². The summed E-state index contributed by atoms with van der Waals surface area (Å²) in [5.74, 6) is 0.219. The van der Waals surface area contributed by atoms with Crippen molar-refractivity contribution in [2.24, 2.45) is 0 Å². The number of allylic oxidation sites excluding steroid dienone is 2. The van der Waals surface area contributed by atoms with Crippen LogP contribution in [0.3, 0.4) is 0 Å². The number of rotatable bonds is 7. The highest BCUT2D eigenvalue weighted by molar-refractivity contribution is 5.97. The predicted molar refractivity (Wildman–Crippen MR) is 97.9 cm³/mol. The highest BCUT2D eigenvalue weighted by Crippen LogP contribution is 2.21. The van der Waals surface area contributed by atoms with Crippen molar-refractivity contribution in [3.8, 4) is 0 Å². The van der Waals surface area contributed by atoms with Gasteiger partial charge in [-0.25, -0.2) is 0 Å². The van der Waals surface area contributed by atoms with Gasteiger partial charge in [-0.1, -0.05) is 12.2 Å². The summed E-state index contributed by atoms with van der Waals surface area (Å²) >= 11 is 0. The molecule has 1 aliphatic heterocycles. The van der Waals surface area contributed by atoms with Gasteiger partial charge in [0, 0.05) is 25.7 Å². The third-order valence-electron chi connectivity index (χ3n) is 3.72. The lowest BCUT2D eigenvalue weighted by atomic mass is 10.1. The molecule has 0 saturated carbocycles. The Morgan fingerprint density at radius 1 is 1.36 bits per heavy atom. The first-order chi connectivity index (χ1) is 12.1. The van der Waals surface area contributed by atoms with Crippen LogP contribution < -0.4 is 16.4 Å². The Morgan fingerprint density at radius 2 is 2.16 bits per heavy atom. The second-order valence-corrected chi connectivity index (χ2v) is 5.43. The van der Waals surface area contributed by atoms with Gasteiger partial charge in [-0.05, 0) is 31.2 Å². The van der Waals surface area contributed by atoms with Crippen molar-refractivity contribution in [1.29, 1.82) is 0 Å². The van der Waals surface area contributed by atoms with E-state index < -0.39 is 0 Å². The average Bonchev–Trinajstić information content (AvgIpc) is 2.61. The number of hydrogen-bond donors (Lipinski definition) is 3. The van der Waals surface area contributed by atoms with Gasteiger partial charge in [-0.2, -0.15) is 0 Å². The van der Waals surface area contributed by atoms with E-state index in [-0.39, 0.29) is 18.3 Å². The average molecular weight is 344 g/mol. The van der Waals surface area contributed by atoms with Gasteiger partial charge >= 0.3 is 5.97 Å². The number of ether oxygens (including phenoxy) is 1. The van der Waals surface area contributed by atoms with Gasteiger partial charge < -0.3 is 21.1 Å². The highest BCUT2D eigenvalue weighted by atomic mass is 16.5. The number of hydrogen-bond acceptors (Lipinski definition) is 6. The topological polar surface area (TPSA) is 96.7 Å². The summed E-state index contributed by atoms with van der Waals surface area (Å²) in [5.41, 5.74) is 7.74. The Hall–Kier alpha value is -2.96. The van der Waals surface area contributed by atoms with Crippen LogP contribution in [0.15, 0.2) is 42.2 Å². The fourth-order valence-corrected chi connectivity index (χ4v) is 2.47. The lowest BCUT2D eigenvalue weighted by molar-refractivity contribution is -0.142. The molecule has 4 N–H and O–H groups in total. The number of nitrogen functional groups attached to an aromatic ring is 1. The standard InChI is InChI=1S/C18H24N4O3/c1-3-25-17(23)9-10-21-16-6-4-5-11-22(16)18(24)13-7-8-15(20-2)14(19)12-13/h4-8,12,20-21H,3,9-11,19H2,1-2H3. The van der Waals surface area contributed by atoms with E-state index in [0.717, 1.165) is 5.69 Å². The van der Waals surface area contributed by atoms with Gasteiger partial charge in [0.25, 0.3) is 5.91 Å². The summed E-state index contributed by atoms with van der Waals surface area (Å²) in [6.07, 6.45) is 5.80. The second-order valence-electron chi connectivity index (χ2n) is 5.43. The van der Waals surface area contributed by atoms with Gasteiger partial charge in [0.1, 0.15) is 5.82 Å². The number of carbonyl (C=O) groups excluding carboxylic acids is 2. The number of benzene rings is 1. The van der Waals surface area contributed by atoms with Gasteiger partial charge in [-0.15, -0.1) is 0 Å². The molecule has 0 aliphatic carbocycles. The van der Waals surface area contributed by atoms with Gasteiger partial charge in [0.2, 0.25) is 0 Å². The first-order valence-electron chi connectivity index (χ1n) is 8.22. The van der Waals surface area contributed by atoms with Crippen molar-refractivity contribution >= 4 is 23.3 Å². The Labute approximate surface area is 147 Å². The molecule has 0 fully saturated rings. The van der Waals surface area contributed by atoms with E-state index in [1.54, 1.807) is 43.1 Å². The monoisotopic (exact) mass is 344 g/mol. The molecule has 0 bridgehead atoms. The minimum Gasteiger partial charge on any atom is -0.466 e. The number of nitrogens with zero attached hydrogens (tertiary/aromatic N) is 1. The van der Waals surface area contributed by atoms with E-state index in [0.29, 0.717) is 36.8 Å². The van der Waals surface area contributed by atoms with E-state index in [1.807, 2.05) is 12.2 Å². The van der Waals surface area contributed by atoms with Crippen molar-refractivity contribution in [2.45, 2.75) is 13.3 Å². The summed E-state index contributed by atoms with van der Waals surface area (Å²) in [5, 5.41) is 6.09. The number of esters is 1. The molecule has 0 radical (unpaired) electrons. The SMILES string of the molecule is CCOC(=O)CCNC1=CC=CCN1C(=O)c1ccc(NC)c(N)c1. The molecule has 7 nitrogen and oxygen atoms in total. The predicted octanol–water partition coefficient (Wildman–Crippen LogP) is 1.71. The van der Waals surface area contributed by atoms with Crippen molar-refractivity contribution in [1.82, 2.24) is 10.2 Å². The molecule has 2 rings (SSSR count). The highest BCUT2D eigenvalue weighted by Gasteiger charge is 2.21. The van der Waals surface area contributed by atoms with E-state index in [1.165, 1.54) is 0 Å². The van der Waals surface area contributed by atoms with Gasteiger partial charge in [0.15, 0.2) is 0 Å². The molecule has 0 unspecified atom stereocenters. The lowest BCUT2D eigenvalue weighted by Crippen LogP contribution is -2.38. The normalized spacial score (nSPS) is 13.2. The van der Waals surface area contributed by atoms with E-state index in [4.69, 9.17) is 10.5 Å². The van der Waals surface area contributed by atoms with Crippen molar-refractivity contribution in [2.75, 3.05) is 37.8 Å². The largest absolute Gasteiger partial charge is 0.466 e. The van der Waals surface area contributed by atoms with Crippen LogP contribution in [0.1, 0.15) is 23.7 Å². The van der Waals surface area contributed by atoms with Crippen LogP contribution in [0.2, 0.25) is 0 Å². The number of carbonyl (C=O) groups is 2. The molecule has 1 heterocycles. The quantitative estimate of drug-likeness (QED) is 0.515. The maximum atomic E-state index is 12.8. The Morgan fingerprint density at radius 3 is 2.84 bits per heavy atom. The molecule has 0 spiro atoms. The molecule has 7 heteroatoms. The molecule has 1 aromatic rings. The molecule has 134 valence electrons. The van der Waals surface area contributed by atoms with E-state index in [2.05, 4.69) is 10.6 Å². The van der Waals surface area contributed by atoms with Crippen LogP contribution in [0.4, 0.5) is 11.4 Å². The Bertz CT molecular complexity index is 698. The number of nitrogens with two attached hydrogens (primary N) is 1. The molecule has 1 aliphatic rings. The summed E-state index contributed by atoms with van der Waals surface area (Å²) < 4.78 is 4.90. The molecule has 1 amide bonds.